The SMILES string of the molecule is CCOC(=O)CC(O)C(=O)OC(CC(=O)O)C(=O)O. The molecule has 2 atom stereocenters. The van der Waals surface area contributed by atoms with E-state index >= 15 is 0 Å². The molecular weight excluding hydrogens is 264 g/mol. The van der Waals surface area contributed by atoms with Crippen LogP contribution < -0.4 is 0 Å². The van der Waals surface area contributed by atoms with Gasteiger partial charge in [0, 0.05) is 0 Å². The van der Waals surface area contributed by atoms with Crippen LogP contribution >= 0.6 is 0 Å². The van der Waals surface area contributed by atoms with E-state index in [1.165, 1.54) is 6.92 Å². The zero-order chi connectivity index (χ0) is 15.0. The molecule has 3 N–H and O–H groups in total. The zero-order valence-electron chi connectivity index (χ0n) is 10.1. The van der Waals surface area contributed by atoms with Crippen LogP contribution in [0.5, 0.6) is 0 Å². The van der Waals surface area contributed by atoms with E-state index in [-0.39, 0.29) is 6.61 Å². The van der Waals surface area contributed by atoms with Crippen LogP contribution in [0.25, 0.3) is 0 Å². The molecule has 0 rings (SSSR count). The smallest absolute Gasteiger partial charge is 0.345 e. The number of rotatable bonds is 8. The monoisotopic (exact) mass is 278 g/mol. The second kappa shape index (κ2) is 8.03. The fraction of sp³-hybridized carbons (Fsp3) is 0.600. The van der Waals surface area contributed by atoms with E-state index in [9.17, 15) is 24.3 Å². The lowest BCUT2D eigenvalue weighted by molar-refractivity contribution is -0.174. The first kappa shape index (κ1) is 16.8. The first-order chi connectivity index (χ1) is 8.77. The van der Waals surface area contributed by atoms with Crippen LogP contribution in [0.4, 0.5) is 0 Å². The van der Waals surface area contributed by atoms with Gasteiger partial charge in [0.15, 0.2) is 6.10 Å². The van der Waals surface area contributed by atoms with E-state index < -0.39 is 48.9 Å². The van der Waals surface area contributed by atoms with Crippen molar-refractivity contribution in [1.29, 1.82) is 0 Å². The fourth-order valence-electron chi connectivity index (χ4n) is 1.02. The van der Waals surface area contributed by atoms with Crippen molar-refractivity contribution in [2.45, 2.75) is 32.0 Å². The maximum absolute atomic E-state index is 11.2. The maximum Gasteiger partial charge on any atom is 0.345 e. The summed E-state index contributed by atoms with van der Waals surface area (Å²) in [5.74, 6) is -5.42. The zero-order valence-corrected chi connectivity index (χ0v) is 10.1. The van der Waals surface area contributed by atoms with Gasteiger partial charge in [-0.25, -0.2) is 9.59 Å². The molecule has 0 aliphatic carbocycles. The van der Waals surface area contributed by atoms with Crippen molar-refractivity contribution >= 4 is 23.9 Å². The Kier molecular flexibility index (Phi) is 7.12. The Morgan fingerprint density at radius 1 is 1.11 bits per heavy atom. The minimum absolute atomic E-state index is 0.0529. The van der Waals surface area contributed by atoms with E-state index in [4.69, 9.17) is 10.2 Å². The predicted molar refractivity (Wildman–Crippen MR) is 57.0 cm³/mol. The summed E-state index contributed by atoms with van der Waals surface area (Å²) in [6.07, 6.45) is -5.49. The number of aliphatic hydroxyl groups excluding tert-OH is 1. The molecule has 108 valence electrons. The molecule has 0 aromatic heterocycles. The van der Waals surface area contributed by atoms with Gasteiger partial charge >= 0.3 is 23.9 Å². The summed E-state index contributed by atoms with van der Waals surface area (Å²) < 4.78 is 8.75. The first-order valence-electron chi connectivity index (χ1n) is 5.26. The number of carbonyl (C=O) groups is 4. The van der Waals surface area contributed by atoms with Gasteiger partial charge in [-0.05, 0) is 6.92 Å². The topological polar surface area (TPSA) is 147 Å². The molecule has 0 aliphatic rings. The highest BCUT2D eigenvalue weighted by atomic mass is 16.6. The summed E-state index contributed by atoms with van der Waals surface area (Å²) >= 11 is 0. The highest BCUT2D eigenvalue weighted by Crippen LogP contribution is 2.05. The van der Waals surface area contributed by atoms with Gasteiger partial charge in [0.2, 0.25) is 6.10 Å². The minimum atomic E-state index is -1.93. The summed E-state index contributed by atoms with van der Waals surface area (Å²) in [6.45, 7) is 1.58. The molecule has 0 aromatic rings. The summed E-state index contributed by atoms with van der Waals surface area (Å²) in [4.78, 5) is 43.1. The van der Waals surface area contributed by atoms with E-state index in [1.54, 1.807) is 0 Å². The molecule has 2 unspecified atom stereocenters. The lowest BCUT2D eigenvalue weighted by Gasteiger charge is -2.14. The second-order valence-corrected chi connectivity index (χ2v) is 3.39. The normalized spacial score (nSPS) is 13.2. The van der Waals surface area contributed by atoms with Crippen molar-refractivity contribution in [2.24, 2.45) is 0 Å². The molecular formula is C10H14O9. The second-order valence-electron chi connectivity index (χ2n) is 3.39. The van der Waals surface area contributed by atoms with E-state index in [1.807, 2.05) is 0 Å². The Hall–Kier alpha value is -2.16. The quantitative estimate of drug-likeness (QED) is 0.464. The molecule has 0 fully saturated rings. The molecule has 0 aliphatic heterocycles. The number of aliphatic carboxylic acids is 2. The standard InChI is InChI=1S/C10H14O9/c1-2-18-8(14)3-5(11)10(17)19-6(9(15)16)4-7(12)13/h5-6,11H,2-4H2,1H3,(H,12,13)(H,15,16). The van der Waals surface area contributed by atoms with Crippen LogP contribution in [-0.2, 0) is 28.7 Å². The van der Waals surface area contributed by atoms with Gasteiger partial charge in [-0.3, -0.25) is 9.59 Å². The van der Waals surface area contributed by atoms with Crippen molar-refractivity contribution in [3.05, 3.63) is 0 Å². The molecule has 0 bridgehead atoms. The van der Waals surface area contributed by atoms with Crippen molar-refractivity contribution in [2.75, 3.05) is 6.61 Å². The third kappa shape index (κ3) is 6.99. The van der Waals surface area contributed by atoms with Gasteiger partial charge < -0.3 is 24.8 Å². The van der Waals surface area contributed by atoms with E-state index in [2.05, 4.69) is 9.47 Å². The average Bonchev–Trinajstić information content (AvgIpc) is 2.27. The number of carbonyl (C=O) groups excluding carboxylic acids is 2. The third-order valence-corrected chi connectivity index (χ3v) is 1.83. The Balaban J connectivity index is 4.42. The third-order valence-electron chi connectivity index (χ3n) is 1.83. The molecule has 19 heavy (non-hydrogen) atoms. The Labute approximate surface area is 107 Å². The predicted octanol–water partition coefficient (Wildman–Crippen LogP) is -1.23. The van der Waals surface area contributed by atoms with Crippen molar-refractivity contribution in [1.82, 2.24) is 0 Å². The average molecular weight is 278 g/mol. The van der Waals surface area contributed by atoms with Crippen LogP contribution in [0.15, 0.2) is 0 Å². The number of esters is 2. The molecule has 9 heteroatoms. The van der Waals surface area contributed by atoms with Gasteiger partial charge in [0.25, 0.3) is 0 Å². The summed E-state index contributed by atoms with van der Waals surface area (Å²) in [6, 6.07) is 0. The number of aliphatic hydroxyl groups is 1. The van der Waals surface area contributed by atoms with E-state index in [0.717, 1.165) is 0 Å². The van der Waals surface area contributed by atoms with Gasteiger partial charge in [-0.2, -0.15) is 0 Å². The highest BCUT2D eigenvalue weighted by Gasteiger charge is 2.29. The molecule has 0 amide bonds. The largest absolute Gasteiger partial charge is 0.481 e. The van der Waals surface area contributed by atoms with Crippen LogP contribution in [0.1, 0.15) is 19.8 Å². The van der Waals surface area contributed by atoms with Crippen LogP contribution in [0.3, 0.4) is 0 Å². The molecule has 0 heterocycles. The van der Waals surface area contributed by atoms with Crippen LogP contribution in [0.2, 0.25) is 0 Å². The minimum Gasteiger partial charge on any atom is -0.481 e. The first-order valence-corrected chi connectivity index (χ1v) is 5.26. The van der Waals surface area contributed by atoms with Gasteiger partial charge in [-0.1, -0.05) is 0 Å². The van der Waals surface area contributed by atoms with E-state index in [0.29, 0.717) is 0 Å². The lowest BCUT2D eigenvalue weighted by atomic mass is 10.2. The Morgan fingerprint density at radius 2 is 1.68 bits per heavy atom. The maximum atomic E-state index is 11.2. The lowest BCUT2D eigenvalue weighted by Crippen LogP contribution is -2.35. The molecule has 0 aromatic carbocycles. The van der Waals surface area contributed by atoms with Crippen LogP contribution in [0, 0.1) is 0 Å². The van der Waals surface area contributed by atoms with Gasteiger partial charge in [0.1, 0.15) is 0 Å². The summed E-state index contributed by atoms with van der Waals surface area (Å²) in [7, 11) is 0. The number of hydrogen-bond donors (Lipinski definition) is 3. The van der Waals surface area contributed by atoms with Crippen molar-refractivity contribution < 1.29 is 44.0 Å². The summed E-state index contributed by atoms with van der Waals surface area (Å²) in [5.41, 5.74) is 0. The highest BCUT2D eigenvalue weighted by molar-refractivity contribution is 5.86. The number of hydrogen-bond acceptors (Lipinski definition) is 7. The number of ether oxygens (including phenoxy) is 2. The number of carboxylic acids is 2. The molecule has 0 radical (unpaired) electrons. The Morgan fingerprint density at radius 3 is 2.11 bits per heavy atom. The Bertz CT molecular complexity index is 362. The van der Waals surface area contributed by atoms with Gasteiger partial charge in [-0.15, -0.1) is 0 Å². The molecule has 9 nitrogen and oxygen atoms in total. The molecule has 0 saturated heterocycles. The van der Waals surface area contributed by atoms with Crippen LogP contribution in [-0.4, -0.2) is 58.0 Å². The van der Waals surface area contributed by atoms with Crippen molar-refractivity contribution in [3.63, 3.8) is 0 Å². The van der Waals surface area contributed by atoms with Gasteiger partial charge in [0.05, 0.1) is 19.4 Å². The fourth-order valence-corrected chi connectivity index (χ4v) is 1.02. The summed E-state index contributed by atoms with van der Waals surface area (Å²) in [5, 5.41) is 26.3. The molecule has 0 spiro atoms. The molecule has 0 saturated carbocycles. The van der Waals surface area contributed by atoms with Crippen molar-refractivity contribution in [3.8, 4) is 0 Å². The number of carboxylic acid groups (broad SMARTS) is 2.